The van der Waals surface area contributed by atoms with Crippen LogP contribution in [-0.4, -0.2) is 64.5 Å². The first-order valence-electron chi connectivity index (χ1n) is 11.8. The van der Waals surface area contributed by atoms with Gasteiger partial charge in [-0.25, -0.2) is 4.98 Å². The summed E-state index contributed by atoms with van der Waals surface area (Å²) >= 11 is 0. The monoisotopic (exact) mass is 436 g/mol. The van der Waals surface area contributed by atoms with Crippen LogP contribution in [0.2, 0.25) is 0 Å². The Bertz CT molecular complexity index is 1010. The molecule has 1 amide bonds. The van der Waals surface area contributed by atoms with Crippen LogP contribution < -0.4 is 10.2 Å². The first-order chi connectivity index (χ1) is 15.7. The maximum atomic E-state index is 12.6. The van der Waals surface area contributed by atoms with Gasteiger partial charge in [0.15, 0.2) is 5.58 Å². The summed E-state index contributed by atoms with van der Waals surface area (Å²) in [7, 11) is 0. The van der Waals surface area contributed by atoms with E-state index in [1.165, 1.54) is 0 Å². The van der Waals surface area contributed by atoms with Gasteiger partial charge in [-0.15, -0.1) is 0 Å². The van der Waals surface area contributed by atoms with Crippen molar-refractivity contribution >= 4 is 23.0 Å². The van der Waals surface area contributed by atoms with Gasteiger partial charge in [-0.2, -0.15) is 4.98 Å². The number of amides is 1. The summed E-state index contributed by atoms with van der Waals surface area (Å²) in [6.07, 6.45) is 6.67. The van der Waals surface area contributed by atoms with Crippen molar-refractivity contribution in [2.24, 2.45) is 5.92 Å². The third-order valence-corrected chi connectivity index (χ3v) is 6.85. The fraction of sp³-hybridized carbons (Fsp3) is 0.542. The molecule has 0 radical (unpaired) electrons. The number of nitrogens with one attached hydrogen (secondary N) is 2. The molecule has 8 nitrogen and oxygen atoms in total. The Morgan fingerprint density at radius 2 is 1.94 bits per heavy atom. The van der Waals surface area contributed by atoms with Crippen molar-refractivity contribution in [3.63, 3.8) is 0 Å². The molecule has 0 unspecified atom stereocenters. The Morgan fingerprint density at radius 3 is 2.66 bits per heavy atom. The van der Waals surface area contributed by atoms with Gasteiger partial charge < -0.3 is 24.5 Å². The molecule has 3 aromatic rings. The summed E-state index contributed by atoms with van der Waals surface area (Å²) < 4.78 is 5.94. The van der Waals surface area contributed by atoms with E-state index in [2.05, 4.69) is 30.1 Å². The summed E-state index contributed by atoms with van der Waals surface area (Å²) in [5, 5.41) is 3.10. The fourth-order valence-corrected chi connectivity index (χ4v) is 4.99. The number of fused-ring (bicyclic) bond motifs is 1. The highest BCUT2D eigenvalue weighted by Gasteiger charge is 2.31. The van der Waals surface area contributed by atoms with Gasteiger partial charge in [-0.05, 0) is 57.8 Å². The van der Waals surface area contributed by atoms with Crippen LogP contribution in [0.3, 0.4) is 0 Å². The van der Waals surface area contributed by atoms with E-state index in [0.717, 1.165) is 86.9 Å². The number of rotatable bonds is 6. The van der Waals surface area contributed by atoms with E-state index in [9.17, 15) is 4.79 Å². The number of oxazole rings is 1. The third-order valence-electron chi connectivity index (χ3n) is 6.85. The number of anilines is 1. The van der Waals surface area contributed by atoms with E-state index in [0.29, 0.717) is 12.6 Å². The first kappa shape index (κ1) is 21.0. The molecule has 0 bridgehead atoms. The maximum absolute atomic E-state index is 12.6. The van der Waals surface area contributed by atoms with Crippen molar-refractivity contribution in [2.75, 3.05) is 37.6 Å². The quantitative estimate of drug-likeness (QED) is 0.618. The molecule has 0 spiro atoms. The number of nitrogens with zero attached hydrogens (tertiary/aromatic N) is 4. The number of aromatic amines is 1. The minimum absolute atomic E-state index is 0.129. The van der Waals surface area contributed by atoms with Crippen molar-refractivity contribution in [1.29, 1.82) is 0 Å². The van der Waals surface area contributed by atoms with E-state index in [1.807, 2.05) is 37.4 Å². The molecule has 2 saturated heterocycles. The Kier molecular flexibility index (Phi) is 6.12. The summed E-state index contributed by atoms with van der Waals surface area (Å²) in [5.41, 5.74) is 2.83. The molecule has 8 heteroatoms. The van der Waals surface area contributed by atoms with Crippen molar-refractivity contribution < 1.29 is 9.21 Å². The van der Waals surface area contributed by atoms with Gasteiger partial charge in [0.05, 0.1) is 0 Å². The summed E-state index contributed by atoms with van der Waals surface area (Å²) in [5.74, 6) is 1.25. The van der Waals surface area contributed by atoms with Crippen molar-refractivity contribution in [2.45, 2.75) is 45.1 Å². The number of carbonyl (C=O) groups is 1. The van der Waals surface area contributed by atoms with Crippen LogP contribution >= 0.6 is 0 Å². The van der Waals surface area contributed by atoms with E-state index in [1.54, 1.807) is 0 Å². The molecule has 2 aromatic heterocycles. The highest BCUT2D eigenvalue weighted by Crippen LogP contribution is 2.28. The van der Waals surface area contributed by atoms with Crippen LogP contribution in [0.1, 0.15) is 37.2 Å². The molecular weight excluding hydrogens is 404 g/mol. The van der Waals surface area contributed by atoms with Crippen LogP contribution in [0.5, 0.6) is 0 Å². The minimum atomic E-state index is 0.129. The molecule has 1 aromatic carbocycles. The summed E-state index contributed by atoms with van der Waals surface area (Å²) in [6, 6.07) is 9.26. The lowest BCUT2D eigenvalue weighted by Crippen LogP contribution is -2.49. The standard InChI is InChI=1S/C24H32N6O2/c1-17-16-26-22(27-17)6-11-25-23(31)18-7-12-29(13-8-18)19-9-14-30(15-10-19)24-28-20-4-2-3-5-21(20)32-24/h2-5,16,18-19H,6-15H2,1H3,(H,25,31)(H,26,27). The van der Waals surface area contributed by atoms with Gasteiger partial charge in [0, 0.05) is 49.9 Å². The molecule has 2 aliphatic heterocycles. The second-order valence-electron chi connectivity index (χ2n) is 9.05. The summed E-state index contributed by atoms with van der Waals surface area (Å²) in [4.78, 5) is 29.6. The van der Waals surface area contributed by atoms with E-state index < -0.39 is 0 Å². The van der Waals surface area contributed by atoms with Crippen LogP contribution in [0.15, 0.2) is 34.9 Å². The molecule has 2 fully saturated rings. The van der Waals surface area contributed by atoms with E-state index >= 15 is 0 Å². The minimum Gasteiger partial charge on any atom is -0.423 e. The Hall–Kier alpha value is -2.87. The number of piperidine rings is 2. The zero-order valence-electron chi connectivity index (χ0n) is 18.7. The lowest BCUT2D eigenvalue weighted by Gasteiger charge is -2.41. The highest BCUT2D eigenvalue weighted by atomic mass is 16.4. The lowest BCUT2D eigenvalue weighted by atomic mass is 9.93. The number of aromatic nitrogens is 3. The highest BCUT2D eigenvalue weighted by molar-refractivity contribution is 5.78. The van der Waals surface area contributed by atoms with Crippen LogP contribution in [-0.2, 0) is 11.2 Å². The second-order valence-corrected chi connectivity index (χ2v) is 9.05. The Labute approximate surface area is 188 Å². The summed E-state index contributed by atoms with van der Waals surface area (Å²) in [6.45, 7) is 6.56. The zero-order chi connectivity index (χ0) is 21.9. The molecule has 4 heterocycles. The molecule has 0 saturated carbocycles. The predicted octanol–water partition coefficient (Wildman–Crippen LogP) is 2.90. The third kappa shape index (κ3) is 4.65. The fourth-order valence-electron chi connectivity index (χ4n) is 4.99. The molecule has 2 aliphatic rings. The average Bonchev–Trinajstić information content (AvgIpc) is 3.45. The molecule has 2 N–H and O–H groups in total. The van der Waals surface area contributed by atoms with E-state index in [-0.39, 0.29) is 11.8 Å². The van der Waals surface area contributed by atoms with Crippen LogP contribution in [0.25, 0.3) is 11.1 Å². The predicted molar refractivity (Wildman–Crippen MR) is 124 cm³/mol. The average molecular weight is 437 g/mol. The molecule has 32 heavy (non-hydrogen) atoms. The maximum Gasteiger partial charge on any atom is 0.298 e. The number of H-pyrrole nitrogens is 1. The van der Waals surface area contributed by atoms with Gasteiger partial charge >= 0.3 is 0 Å². The van der Waals surface area contributed by atoms with Gasteiger partial charge in [0.1, 0.15) is 11.3 Å². The van der Waals surface area contributed by atoms with Gasteiger partial charge in [-0.3, -0.25) is 4.79 Å². The molecule has 0 atom stereocenters. The molecular formula is C24H32N6O2. The number of imidazole rings is 1. The van der Waals surface area contributed by atoms with Crippen LogP contribution in [0, 0.1) is 12.8 Å². The number of likely N-dealkylation sites (tertiary alicyclic amines) is 1. The number of hydrogen-bond donors (Lipinski definition) is 2. The number of benzene rings is 1. The first-order valence-corrected chi connectivity index (χ1v) is 11.8. The van der Waals surface area contributed by atoms with Crippen LogP contribution in [0.4, 0.5) is 6.01 Å². The van der Waals surface area contributed by atoms with Crippen molar-refractivity contribution in [3.05, 3.63) is 42.0 Å². The largest absolute Gasteiger partial charge is 0.423 e. The molecule has 5 rings (SSSR count). The Morgan fingerprint density at radius 1 is 1.16 bits per heavy atom. The SMILES string of the molecule is Cc1cnc(CCNC(=O)C2CCN(C3CCN(c4nc5ccccc5o4)CC3)CC2)[nH]1. The second kappa shape index (κ2) is 9.32. The number of para-hydroxylation sites is 2. The topological polar surface area (TPSA) is 90.3 Å². The molecule has 170 valence electrons. The van der Waals surface area contributed by atoms with Gasteiger partial charge in [-0.1, -0.05) is 12.1 Å². The number of aryl methyl sites for hydroxylation is 1. The smallest absolute Gasteiger partial charge is 0.298 e. The zero-order valence-corrected chi connectivity index (χ0v) is 18.7. The number of carbonyl (C=O) groups excluding carboxylic acids is 1. The van der Waals surface area contributed by atoms with Crippen molar-refractivity contribution in [3.8, 4) is 0 Å². The number of hydrogen-bond acceptors (Lipinski definition) is 6. The van der Waals surface area contributed by atoms with E-state index in [4.69, 9.17) is 4.42 Å². The van der Waals surface area contributed by atoms with Gasteiger partial charge in [0.25, 0.3) is 6.01 Å². The van der Waals surface area contributed by atoms with Gasteiger partial charge in [0.2, 0.25) is 5.91 Å². The molecule has 0 aliphatic carbocycles. The lowest BCUT2D eigenvalue weighted by molar-refractivity contribution is -0.126. The van der Waals surface area contributed by atoms with Crippen molar-refractivity contribution in [1.82, 2.24) is 25.2 Å². The Balaban J connectivity index is 1.05. The normalized spacial score (nSPS) is 19.0.